The summed E-state index contributed by atoms with van der Waals surface area (Å²) in [5.41, 5.74) is 0.744. The van der Waals surface area contributed by atoms with Crippen molar-refractivity contribution in [1.82, 2.24) is 9.80 Å². The minimum atomic E-state index is -0.165. The van der Waals surface area contributed by atoms with Gasteiger partial charge in [-0.25, -0.2) is 0 Å². The van der Waals surface area contributed by atoms with E-state index in [4.69, 9.17) is 16.3 Å². The number of aldehydes is 1. The fraction of sp³-hybridized carbons (Fsp3) is 0.625. The molecular formula is C24H34ClN3O4. The Balaban J connectivity index is 1.32. The Bertz CT molecular complexity index is 820. The number of likely N-dealkylation sites (tertiary alicyclic amines) is 1. The number of nitrogens with zero attached hydrogens (tertiary/aromatic N) is 2. The SMILES string of the molecule is COc1cc(NC(=O)CCCCN(C)C(=O)CCN2CC3CCCC3C2)c(Cl)cc1C=O. The average Bonchev–Trinajstić information content (AvgIpc) is 3.38. The normalized spacial score (nSPS) is 20.1. The Morgan fingerprint density at radius 3 is 2.59 bits per heavy atom. The molecule has 2 atom stereocenters. The molecule has 0 spiro atoms. The van der Waals surface area contributed by atoms with Crippen LogP contribution < -0.4 is 10.1 Å². The first-order valence-electron chi connectivity index (χ1n) is 11.5. The highest BCUT2D eigenvalue weighted by Crippen LogP contribution is 2.37. The summed E-state index contributed by atoms with van der Waals surface area (Å²) in [6.45, 7) is 3.81. The van der Waals surface area contributed by atoms with Gasteiger partial charge in [0.2, 0.25) is 11.8 Å². The van der Waals surface area contributed by atoms with E-state index >= 15 is 0 Å². The first kappa shape index (κ1) is 24.5. The van der Waals surface area contributed by atoms with Crippen LogP contribution in [0.4, 0.5) is 5.69 Å². The standard InChI is InChI=1S/C24H34ClN3O4/c1-27(24(31)9-11-28-14-17-6-5-7-18(17)15-28)10-4-3-8-23(30)26-21-13-22(32-2)19(16-29)12-20(21)25/h12-13,16-18H,3-11,14-15H2,1-2H3,(H,26,30). The van der Waals surface area contributed by atoms with E-state index in [1.165, 1.54) is 32.4 Å². The van der Waals surface area contributed by atoms with Gasteiger partial charge in [-0.1, -0.05) is 18.0 Å². The number of hydrogen-bond donors (Lipinski definition) is 1. The molecule has 0 radical (unpaired) electrons. The molecule has 1 saturated carbocycles. The smallest absolute Gasteiger partial charge is 0.224 e. The van der Waals surface area contributed by atoms with Crippen molar-refractivity contribution >= 4 is 35.4 Å². The van der Waals surface area contributed by atoms with Crippen LogP contribution in [0.2, 0.25) is 5.02 Å². The number of methoxy groups -OCH3 is 1. The Kier molecular flexibility index (Phi) is 8.93. The van der Waals surface area contributed by atoms with Gasteiger partial charge in [-0.2, -0.15) is 0 Å². The molecule has 1 aliphatic heterocycles. The van der Waals surface area contributed by atoms with Crippen LogP contribution in [0.1, 0.15) is 55.3 Å². The van der Waals surface area contributed by atoms with Crippen LogP contribution in [0.5, 0.6) is 5.75 Å². The van der Waals surface area contributed by atoms with Crippen LogP contribution >= 0.6 is 11.6 Å². The maximum atomic E-state index is 12.4. The van der Waals surface area contributed by atoms with E-state index in [1.807, 2.05) is 7.05 Å². The highest BCUT2D eigenvalue weighted by atomic mass is 35.5. The number of fused-ring (bicyclic) bond motifs is 1. The lowest BCUT2D eigenvalue weighted by Gasteiger charge is -2.20. The third-order valence-electron chi connectivity index (χ3n) is 6.74. The Morgan fingerprint density at radius 2 is 1.94 bits per heavy atom. The molecule has 1 aliphatic carbocycles. The maximum absolute atomic E-state index is 12.4. The van der Waals surface area contributed by atoms with Gasteiger partial charge < -0.3 is 19.9 Å². The monoisotopic (exact) mass is 463 g/mol. The largest absolute Gasteiger partial charge is 0.496 e. The number of carbonyl (C=O) groups excluding carboxylic acids is 3. The van der Waals surface area contributed by atoms with Crippen molar-refractivity contribution in [2.24, 2.45) is 11.8 Å². The first-order valence-corrected chi connectivity index (χ1v) is 11.9. The number of carbonyl (C=O) groups is 3. The van der Waals surface area contributed by atoms with E-state index in [1.54, 1.807) is 11.0 Å². The summed E-state index contributed by atoms with van der Waals surface area (Å²) < 4.78 is 5.15. The molecule has 2 unspecified atom stereocenters. The van der Waals surface area contributed by atoms with Crippen LogP contribution in [-0.4, -0.2) is 68.2 Å². The molecule has 0 aromatic heterocycles. The summed E-state index contributed by atoms with van der Waals surface area (Å²) in [5, 5.41) is 3.05. The second-order valence-electron chi connectivity index (χ2n) is 8.97. The summed E-state index contributed by atoms with van der Waals surface area (Å²) in [5.74, 6) is 2.07. The van der Waals surface area contributed by atoms with Gasteiger partial charge in [-0.15, -0.1) is 0 Å². The third-order valence-corrected chi connectivity index (χ3v) is 7.05. The lowest BCUT2D eigenvalue weighted by atomic mass is 10.0. The minimum absolute atomic E-state index is 0.165. The van der Waals surface area contributed by atoms with Crippen LogP contribution in [-0.2, 0) is 9.59 Å². The summed E-state index contributed by atoms with van der Waals surface area (Å²) in [7, 11) is 3.29. The summed E-state index contributed by atoms with van der Waals surface area (Å²) in [6.07, 6.45) is 7.05. The van der Waals surface area contributed by atoms with Crippen LogP contribution in [0.3, 0.4) is 0 Å². The lowest BCUT2D eigenvalue weighted by molar-refractivity contribution is -0.130. The number of rotatable bonds is 11. The number of benzene rings is 1. The predicted molar refractivity (Wildman–Crippen MR) is 125 cm³/mol. The van der Waals surface area contributed by atoms with E-state index in [0.717, 1.165) is 37.9 Å². The molecule has 32 heavy (non-hydrogen) atoms. The Hall–Kier alpha value is -2.12. The number of halogens is 1. The fourth-order valence-corrected chi connectivity index (χ4v) is 5.08. The van der Waals surface area contributed by atoms with Crippen molar-refractivity contribution in [2.45, 2.75) is 44.9 Å². The van der Waals surface area contributed by atoms with Gasteiger partial charge in [0, 0.05) is 52.1 Å². The molecule has 2 aliphatic rings. The third kappa shape index (κ3) is 6.45. The second-order valence-corrected chi connectivity index (χ2v) is 9.38. The van der Waals surface area contributed by atoms with Crippen molar-refractivity contribution < 1.29 is 19.1 Å². The fourth-order valence-electron chi connectivity index (χ4n) is 4.86. The van der Waals surface area contributed by atoms with Crippen LogP contribution in [0.25, 0.3) is 0 Å². The molecule has 2 amide bonds. The van der Waals surface area contributed by atoms with Crippen molar-refractivity contribution in [1.29, 1.82) is 0 Å². The van der Waals surface area contributed by atoms with E-state index in [2.05, 4.69) is 10.2 Å². The van der Waals surface area contributed by atoms with E-state index in [0.29, 0.717) is 49.1 Å². The van der Waals surface area contributed by atoms with E-state index in [-0.39, 0.29) is 16.8 Å². The molecule has 1 saturated heterocycles. The highest BCUT2D eigenvalue weighted by molar-refractivity contribution is 6.34. The summed E-state index contributed by atoms with van der Waals surface area (Å²) in [4.78, 5) is 40.0. The van der Waals surface area contributed by atoms with Crippen molar-refractivity contribution in [3.63, 3.8) is 0 Å². The molecule has 176 valence electrons. The maximum Gasteiger partial charge on any atom is 0.224 e. The number of hydrogen-bond acceptors (Lipinski definition) is 5. The topological polar surface area (TPSA) is 79.0 Å². The van der Waals surface area contributed by atoms with Gasteiger partial charge >= 0.3 is 0 Å². The van der Waals surface area contributed by atoms with Crippen molar-refractivity contribution in [3.8, 4) is 5.75 Å². The quantitative estimate of drug-likeness (QED) is 0.398. The molecule has 2 fully saturated rings. The van der Waals surface area contributed by atoms with Crippen LogP contribution in [0, 0.1) is 11.8 Å². The number of amides is 2. The number of anilines is 1. The molecular weight excluding hydrogens is 430 g/mol. The number of ether oxygens (including phenoxy) is 1. The minimum Gasteiger partial charge on any atom is -0.496 e. The molecule has 3 rings (SSSR count). The van der Waals surface area contributed by atoms with Gasteiger partial charge in [0.25, 0.3) is 0 Å². The molecule has 8 heteroatoms. The zero-order valence-electron chi connectivity index (χ0n) is 19.1. The van der Waals surface area contributed by atoms with E-state index in [9.17, 15) is 14.4 Å². The molecule has 0 bridgehead atoms. The zero-order chi connectivity index (χ0) is 23.1. The molecule has 7 nitrogen and oxygen atoms in total. The molecule has 1 heterocycles. The molecule has 1 N–H and O–H groups in total. The molecule has 1 aromatic rings. The first-order chi connectivity index (χ1) is 15.4. The number of nitrogens with one attached hydrogen (secondary N) is 1. The van der Waals surface area contributed by atoms with Gasteiger partial charge in [0.15, 0.2) is 6.29 Å². The van der Waals surface area contributed by atoms with Crippen LogP contribution in [0.15, 0.2) is 12.1 Å². The highest BCUT2D eigenvalue weighted by Gasteiger charge is 2.35. The zero-order valence-corrected chi connectivity index (χ0v) is 19.8. The van der Waals surface area contributed by atoms with Gasteiger partial charge in [0.1, 0.15) is 5.75 Å². The van der Waals surface area contributed by atoms with Gasteiger partial charge in [0.05, 0.1) is 23.4 Å². The average molecular weight is 464 g/mol. The summed E-state index contributed by atoms with van der Waals surface area (Å²) >= 11 is 6.15. The van der Waals surface area contributed by atoms with Crippen molar-refractivity contribution in [2.75, 3.05) is 45.7 Å². The van der Waals surface area contributed by atoms with Gasteiger partial charge in [-0.05, 0) is 43.6 Å². The summed E-state index contributed by atoms with van der Waals surface area (Å²) in [6, 6.07) is 3.02. The molecule has 1 aromatic carbocycles. The second kappa shape index (κ2) is 11.7. The Labute approximate surface area is 195 Å². The lowest BCUT2D eigenvalue weighted by Crippen LogP contribution is -2.32. The predicted octanol–water partition coefficient (Wildman–Crippen LogP) is 3.85. The Morgan fingerprint density at radius 1 is 1.22 bits per heavy atom. The van der Waals surface area contributed by atoms with Crippen molar-refractivity contribution in [3.05, 3.63) is 22.7 Å². The van der Waals surface area contributed by atoms with E-state index < -0.39 is 0 Å². The number of unbranched alkanes of at least 4 members (excludes halogenated alkanes) is 1. The van der Waals surface area contributed by atoms with Gasteiger partial charge in [-0.3, -0.25) is 14.4 Å².